The minimum atomic E-state index is -1.80. The predicted octanol–water partition coefficient (Wildman–Crippen LogP) is 9.31. The fourth-order valence-electron chi connectivity index (χ4n) is 5.29. The lowest BCUT2D eigenvalue weighted by Gasteiger charge is -2.29. The van der Waals surface area contributed by atoms with Crippen molar-refractivity contribution in [1.29, 1.82) is 0 Å². The number of carbonyl (C=O) groups is 1. The van der Waals surface area contributed by atoms with Crippen molar-refractivity contribution in [3.8, 4) is 0 Å². The van der Waals surface area contributed by atoms with E-state index in [9.17, 15) is 4.79 Å². The summed E-state index contributed by atoms with van der Waals surface area (Å²) in [6.07, 6.45) is 16.4. The maximum atomic E-state index is 12.1. The topological polar surface area (TPSA) is 66.4 Å². The summed E-state index contributed by atoms with van der Waals surface area (Å²) < 4.78 is 19.0. The van der Waals surface area contributed by atoms with Gasteiger partial charge in [-0.15, -0.1) is 0 Å². The molecule has 0 amide bonds. The molecule has 1 aliphatic rings. The van der Waals surface area contributed by atoms with Crippen molar-refractivity contribution in [2.45, 2.75) is 156 Å². The Kier molecular flexibility index (Phi) is 16.8. The Morgan fingerprint density at radius 3 is 2.15 bits per heavy atom. The first kappa shape index (κ1) is 37.3. The molecule has 0 bridgehead atoms. The zero-order valence-corrected chi connectivity index (χ0v) is 30.9. The molecule has 1 aliphatic carbocycles. The molecule has 0 aromatic heterocycles. The van der Waals surface area contributed by atoms with Crippen LogP contribution in [0, 0.1) is 11.8 Å². The van der Waals surface area contributed by atoms with Crippen LogP contribution in [0.3, 0.4) is 0 Å². The number of hydrogen-bond donors (Lipinski definition) is 0. The van der Waals surface area contributed by atoms with Gasteiger partial charge in [0.15, 0.2) is 16.6 Å². The molecule has 0 N–H and O–H groups in total. The van der Waals surface area contributed by atoms with Gasteiger partial charge in [0.25, 0.3) is 5.97 Å². The van der Waals surface area contributed by atoms with E-state index in [1.165, 1.54) is 19.3 Å². The lowest BCUT2D eigenvalue weighted by atomic mass is 9.88. The highest BCUT2D eigenvalue weighted by atomic mass is 28.4. The zero-order valence-electron chi connectivity index (χ0n) is 27.9. The third-order valence-corrected chi connectivity index (χ3v) is 9.62. The van der Waals surface area contributed by atoms with Gasteiger partial charge in [-0.1, -0.05) is 62.8 Å². The van der Waals surface area contributed by atoms with Crippen molar-refractivity contribution in [2.24, 2.45) is 17.0 Å². The molecule has 0 spiro atoms. The molecule has 0 aromatic rings. The van der Waals surface area contributed by atoms with Crippen LogP contribution in [0.15, 0.2) is 17.3 Å². The highest BCUT2D eigenvalue weighted by Gasteiger charge is 2.42. The molecule has 234 valence electrons. The van der Waals surface area contributed by atoms with E-state index < -0.39 is 25.0 Å². The maximum absolute atomic E-state index is 12.1. The van der Waals surface area contributed by atoms with Gasteiger partial charge in [0.05, 0.1) is 17.9 Å². The first-order valence-electron chi connectivity index (χ1n) is 16.0. The second-order valence-corrected chi connectivity index (χ2v) is 27.7. The van der Waals surface area contributed by atoms with E-state index in [1.807, 2.05) is 6.92 Å². The molecule has 0 radical (unpaired) electrons. The fourth-order valence-corrected chi connectivity index (χ4v) is 8.33. The minimum Gasteiger partial charge on any atom is -0.520 e. The van der Waals surface area contributed by atoms with Gasteiger partial charge in [-0.05, 0) is 85.1 Å². The molecule has 4 atom stereocenters. The maximum Gasteiger partial charge on any atom is 0.292 e. The van der Waals surface area contributed by atoms with Crippen LogP contribution in [0.4, 0.5) is 0 Å². The van der Waals surface area contributed by atoms with Gasteiger partial charge in [0, 0.05) is 24.7 Å². The summed E-state index contributed by atoms with van der Waals surface area (Å²) in [7, 11) is -5.21. The summed E-state index contributed by atoms with van der Waals surface area (Å²) in [4.78, 5) is 17.7. The summed E-state index contributed by atoms with van der Waals surface area (Å²) in [6.45, 7) is 24.6. The first-order chi connectivity index (χ1) is 18.5. The standard InChI is InChI=1S/C31H63NO5Si3/c1-12-14-17-20-26(35-38(3,4)5)23-24-28-27(21-18-15-16-19-22-31(33)37-40(9,10)11)29(32-34-13-2)25-30(28)36-39(6,7)8/h23-24,26-28,30H,12-22,25H2,1-11H3/b24-23+,32-29+/t26-,27+,28+,30+/m0/s1. The summed E-state index contributed by atoms with van der Waals surface area (Å²) in [5.74, 6) is 0.549. The molecular formula is C31H63NO5Si3. The van der Waals surface area contributed by atoms with Crippen LogP contribution in [-0.2, 0) is 22.9 Å². The van der Waals surface area contributed by atoms with E-state index >= 15 is 0 Å². The van der Waals surface area contributed by atoms with E-state index in [2.05, 4.69) is 83.2 Å². The van der Waals surface area contributed by atoms with Gasteiger partial charge in [0.2, 0.25) is 8.32 Å². The summed E-state index contributed by atoms with van der Waals surface area (Å²) in [6, 6.07) is 0. The third kappa shape index (κ3) is 17.3. The lowest BCUT2D eigenvalue weighted by Crippen LogP contribution is -2.35. The number of oxime groups is 1. The van der Waals surface area contributed by atoms with Gasteiger partial charge in [0.1, 0.15) is 6.61 Å². The smallest absolute Gasteiger partial charge is 0.292 e. The number of nitrogens with zero attached hydrogens (tertiary/aromatic N) is 1. The van der Waals surface area contributed by atoms with Crippen LogP contribution in [0.25, 0.3) is 0 Å². The molecular weight excluding hydrogens is 551 g/mol. The van der Waals surface area contributed by atoms with E-state index in [4.69, 9.17) is 18.1 Å². The second kappa shape index (κ2) is 18.0. The van der Waals surface area contributed by atoms with Crippen LogP contribution >= 0.6 is 0 Å². The fraction of sp³-hybridized carbons (Fsp3) is 0.871. The van der Waals surface area contributed by atoms with Gasteiger partial charge >= 0.3 is 0 Å². The molecule has 9 heteroatoms. The lowest BCUT2D eigenvalue weighted by molar-refractivity contribution is -0.135. The van der Waals surface area contributed by atoms with Gasteiger partial charge in [-0.3, -0.25) is 4.79 Å². The summed E-state index contributed by atoms with van der Waals surface area (Å²) in [5.41, 5.74) is 1.15. The highest BCUT2D eigenvalue weighted by molar-refractivity contribution is 6.71. The second-order valence-electron chi connectivity index (χ2n) is 14.3. The Balaban J connectivity index is 3.00. The molecule has 1 fully saturated rings. The highest BCUT2D eigenvalue weighted by Crippen LogP contribution is 2.39. The predicted molar refractivity (Wildman–Crippen MR) is 178 cm³/mol. The molecule has 0 unspecified atom stereocenters. The number of rotatable bonds is 20. The van der Waals surface area contributed by atoms with Crippen molar-refractivity contribution < 1.29 is 22.9 Å². The summed E-state index contributed by atoms with van der Waals surface area (Å²) in [5, 5.41) is 4.61. The van der Waals surface area contributed by atoms with Crippen molar-refractivity contribution in [3.05, 3.63) is 12.2 Å². The number of carbonyl (C=O) groups excluding carboxylic acids is 1. The van der Waals surface area contributed by atoms with Gasteiger partial charge in [-0.25, -0.2) is 0 Å². The van der Waals surface area contributed by atoms with E-state index in [0.717, 1.165) is 50.7 Å². The first-order valence-corrected chi connectivity index (χ1v) is 26.2. The van der Waals surface area contributed by atoms with Crippen LogP contribution < -0.4 is 0 Å². The van der Waals surface area contributed by atoms with Crippen molar-refractivity contribution in [2.75, 3.05) is 6.61 Å². The van der Waals surface area contributed by atoms with E-state index in [0.29, 0.717) is 18.9 Å². The van der Waals surface area contributed by atoms with E-state index in [1.54, 1.807) is 0 Å². The van der Waals surface area contributed by atoms with Crippen molar-refractivity contribution in [3.63, 3.8) is 0 Å². The van der Waals surface area contributed by atoms with Crippen molar-refractivity contribution in [1.82, 2.24) is 0 Å². The Morgan fingerprint density at radius 2 is 1.57 bits per heavy atom. The molecule has 0 heterocycles. The quantitative estimate of drug-likeness (QED) is 0.0592. The molecule has 40 heavy (non-hydrogen) atoms. The molecule has 6 nitrogen and oxygen atoms in total. The average molecular weight is 614 g/mol. The summed E-state index contributed by atoms with van der Waals surface area (Å²) >= 11 is 0. The number of unbranched alkanes of at least 4 members (excludes halogenated alkanes) is 5. The zero-order chi connectivity index (χ0) is 30.4. The van der Waals surface area contributed by atoms with Gasteiger partial charge in [-0.2, -0.15) is 0 Å². The molecule has 1 rings (SSSR count). The Morgan fingerprint density at radius 1 is 0.900 bits per heavy atom. The molecule has 1 saturated carbocycles. The SMILES string of the molecule is CCCCC[C@@H](/C=C/[C@H]1[C@H](O[Si](C)(C)C)C/C(=N\OCC)[C@@H]1CCCCCCC(=O)O[Si](C)(C)C)O[Si](C)(C)C. The molecule has 0 saturated heterocycles. The molecule has 0 aromatic carbocycles. The molecule has 0 aliphatic heterocycles. The third-order valence-electron chi connectivity index (χ3n) is 6.76. The largest absolute Gasteiger partial charge is 0.520 e. The minimum absolute atomic E-state index is 0.0355. The monoisotopic (exact) mass is 613 g/mol. The van der Waals surface area contributed by atoms with Crippen LogP contribution in [0.1, 0.15) is 84.5 Å². The van der Waals surface area contributed by atoms with Crippen LogP contribution in [0.2, 0.25) is 58.9 Å². The Bertz CT molecular complexity index is 783. The van der Waals surface area contributed by atoms with Gasteiger partial charge < -0.3 is 18.1 Å². The van der Waals surface area contributed by atoms with Crippen molar-refractivity contribution >= 4 is 36.6 Å². The normalized spacial score (nSPS) is 22.3. The Labute approximate surface area is 250 Å². The van der Waals surface area contributed by atoms with Crippen LogP contribution in [-0.4, -0.2) is 55.4 Å². The average Bonchev–Trinajstić information content (AvgIpc) is 3.10. The Hall–Kier alpha value is -0.749. The number of hydrogen-bond acceptors (Lipinski definition) is 6. The van der Waals surface area contributed by atoms with E-state index in [-0.39, 0.29) is 24.1 Å². The van der Waals surface area contributed by atoms with Crippen LogP contribution in [0.5, 0.6) is 0 Å².